The summed E-state index contributed by atoms with van der Waals surface area (Å²) in [5.41, 5.74) is 3.26. The van der Waals surface area contributed by atoms with Gasteiger partial charge in [0.15, 0.2) is 5.11 Å². The first-order valence-corrected chi connectivity index (χ1v) is 9.94. The van der Waals surface area contributed by atoms with E-state index < -0.39 is 0 Å². The summed E-state index contributed by atoms with van der Waals surface area (Å²) in [6.45, 7) is 0.601. The van der Waals surface area contributed by atoms with Gasteiger partial charge in [0.25, 0.3) is 0 Å². The Kier molecular flexibility index (Phi) is 4.62. The Labute approximate surface area is 174 Å². The van der Waals surface area contributed by atoms with Gasteiger partial charge in [-0.15, -0.1) is 0 Å². The molecule has 1 aliphatic rings. The number of aromatic nitrogens is 2. The number of pyridine rings is 1. The van der Waals surface area contributed by atoms with E-state index in [-0.39, 0.29) is 12.1 Å². The molecular formula is C23H20N4OS. The van der Waals surface area contributed by atoms with Crippen LogP contribution in [0, 0.1) is 0 Å². The first-order chi connectivity index (χ1) is 14.3. The van der Waals surface area contributed by atoms with Crippen LogP contribution in [0.1, 0.15) is 29.1 Å². The minimum Gasteiger partial charge on any atom is -0.467 e. The van der Waals surface area contributed by atoms with Crippen LogP contribution < -0.4 is 5.32 Å². The van der Waals surface area contributed by atoms with Crippen LogP contribution in [0.5, 0.6) is 0 Å². The van der Waals surface area contributed by atoms with Crippen LogP contribution in [0.2, 0.25) is 0 Å². The maximum atomic E-state index is 5.71. The minimum absolute atomic E-state index is 0.00691. The second-order valence-corrected chi connectivity index (χ2v) is 7.41. The van der Waals surface area contributed by atoms with Crippen molar-refractivity contribution in [2.75, 3.05) is 0 Å². The highest BCUT2D eigenvalue weighted by molar-refractivity contribution is 7.80. The van der Waals surface area contributed by atoms with Crippen LogP contribution in [-0.4, -0.2) is 19.6 Å². The standard InChI is InChI=1S/C23H20N4OS/c29-23-25-21(20-10-4-5-12-24-20)22(27(23)16-19-9-6-14-28-19)17-11-13-26(15-17)18-7-2-1-3-8-18/h1-15,21-22H,16H2,(H,25,29). The lowest BCUT2D eigenvalue weighted by Crippen LogP contribution is -2.28. The molecule has 3 aromatic heterocycles. The molecule has 144 valence electrons. The van der Waals surface area contributed by atoms with Crippen molar-refractivity contribution < 1.29 is 4.42 Å². The molecule has 29 heavy (non-hydrogen) atoms. The molecule has 6 heteroatoms. The average Bonchev–Trinajstić information content (AvgIpc) is 3.51. The molecule has 4 heterocycles. The van der Waals surface area contributed by atoms with Gasteiger partial charge in [0, 0.05) is 24.3 Å². The molecule has 2 unspecified atom stereocenters. The number of furan rings is 1. The second-order valence-electron chi connectivity index (χ2n) is 7.02. The van der Waals surface area contributed by atoms with Gasteiger partial charge >= 0.3 is 0 Å². The number of rotatable bonds is 5. The molecule has 0 saturated carbocycles. The van der Waals surface area contributed by atoms with Gasteiger partial charge in [-0.3, -0.25) is 4.98 Å². The highest BCUT2D eigenvalue weighted by Crippen LogP contribution is 2.39. The van der Waals surface area contributed by atoms with E-state index in [0.29, 0.717) is 11.7 Å². The number of hydrogen-bond donors (Lipinski definition) is 1. The van der Waals surface area contributed by atoms with Gasteiger partial charge in [-0.2, -0.15) is 0 Å². The average molecular weight is 401 g/mol. The van der Waals surface area contributed by atoms with Gasteiger partial charge in [0.05, 0.1) is 30.6 Å². The Morgan fingerprint density at radius 2 is 1.86 bits per heavy atom. The van der Waals surface area contributed by atoms with E-state index in [0.717, 1.165) is 17.1 Å². The Balaban J connectivity index is 1.54. The van der Waals surface area contributed by atoms with Crippen molar-refractivity contribution in [2.45, 2.75) is 18.6 Å². The molecule has 0 bridgehead atoms. The van der Waals surface area contributed by atoms with E-state index in [9.17, 15) is 0 Å². The SMILES string of the molecule is S=C1NC(c2ccccn2)C(c2ccn(-c3ccccc3)c2)N1Cc1ccco1. The zero-order valence-corrected chi connectivity index (χ0v) is 16.5. The molecule has 1 aliphatic heterocycles. The third kappa shape index (κ3) is 3.43. The zero-order valence-electron chi connectivity index (χ0n) is 15.7. The lowest BCUT2D eigenvalue weighted by Gasteiger charge is -2.26. The summed E-state index contributed by atoms with van der Waals surface area (Å²) in [6.07, 6.45) is 7.77. The topological polar surface area (TPSA) is 46.2 Å². The van der Waals surface area contributed by atoms with Crippen molar-refractivity contribution in [1.29, 1.82) is 0 Å². The first-order valence-electron chi connectivity index (χ1n) is 9.53. The van der Waals surface area contributed by atoms with Crippen LogP contribution >= 0.6 is 12.2 Å². The molecule has 0 aliphatic carbocycles. The fourth-order valence-corrected chi connectivity index (χ4v) is 4.16. The molecule has 1 aromatic carbocycles. The van der Waals surface area contributed by atoms with Crippen LogP contribution in [0.25, 0.3) is 5.69 Å². The molecule has 0 radical (unpaired) electrons. The van der Waals surface area contributed by atoms with Crippen LogP contribution in [0.4, 0.5) is 0 Å². The van der Waals surface area contributed by atoms with Crippen molar-refractivity contribution in [3.63, 3.8) is 0 Å². The van der Waals surface area contributed by atoms with Gasteiger partial charge in [-0.25, -0.2) is 0 Å². The van der Waals surface area contributed by atoms with E-state index in [1.807, 2.05) is 54.7 Å². The normalized spacial score (nSPS) is 18.8. The summed E-state index contributed by atoms with van der Waals surface area (Å²) in [6, 6.07) is 22.3. The van der Waals surface area contributed by atoms with Crippen molar-refractivity contribution in [2.24, 2.45) is 0 Å². The predicted octanol–water partition coefficient (Wildman–Crippen LogP) is 4.64. The summed E-state index contributed by atoms with van der Waals surface area (Å²) in [4.78, 5) is 6.77. The minimum atomic E-state index is -0.0368. The maximum absolute atomic E-state index is 5.71. The number of benzene rings is 1. The molecular weight excluding hydrogens is 380 g/mol. The molecule has 1 fully saturated rings. The molecule has 0 amide bonds. The predicted molar refractivity (Wildman–Crippen MR) is 115 cm³/mol. The van der Waals surface area contributed by atoms with Gasteiger partial charge < -0.3 is 19.2 Å². The number of nitrogens with one attached hydrogen (secondary N) is 1. The van der Waals surface area contributed by atoms with Crippen molar-refractivity contribution >= 4 is 17.3 Å². The van der Waals surface area contributed by atoms with Gasteiger partial charge in [0.1, 0.15) is 5.76 Å². The van der Waals surface area contributed by atoms with Gasteiger partial charge in [-0.1, -0.05) is 24.3 Å². The van der Waals surface area contributed by atoms with Crippen molar-refractivity contribution in [1.82, 2.24) is 19.8 Å². The molecule has 4 aromatic rings. The highest BCUT2D eigenvalue weighted by Gasteiger charge is 2.40. The molecule has 1 N–H and O–H groups in total. The van der Waals surface area contributed by atoms with Crippen LogP contribution in [-0.2, 0) is 6.54 Å². The van der Waals surface area contributed by atoms with Crippen molar-refractivity contribution in [3.05, 3.63) is 109 Å². The Morgan fingerprint density at radius 3 is 2.62 bits per heavy atom. The number of nitrogens with zero attached hydrogens (tertiary/aromatic N) is 3. The Bertz CT molecular complexity index is 1090. The lowest BCUT2D eigenvalue weighted by molar-refractivity contribution is 0.287. The summed E-state index contributed by atoms with van der Waals surface area (Å²) in [7, 11) is 0. The highest BCUT2D eigenvalue weighted by atomic mass is 32.1. The second kappa shape index (κ2) is 7.56. The molecule has 5 nitrogen and oxygen atoms in total. The Morgan fingerprint density at radius 1 is 1.00 bits per heavy atom. The monoisotopic (exact) mass is 400 g/mol. The van der Waals surface area contributed by atoms with Crippen molar-refractivity contribution in [3.8, 4) is 5.69 Å². The van der Waals surface area contributed by atoms with E-state index >= 15 is 0 Å². The number of thiocarbonyl (C=S) groups is 1. The smallest absolute Gasteiger partial charge is 0.170 e. The summed E-state index contributed by atoms with van der Waals surface area (Å²) in [5, 5.41) is 4.18. The molecule has 5 rings (SSSR count). The summed E-state index contributed by atoms with van der Waals surface area (Å²) < 4.78 is 7.73. The van der Waals surface area contributed by atoms with Gasteiger partial charge in [0.2, 0.25) is 0 Å². The summed E-state index contributed by atoms with van der Waals surface area (Å²) in [5.74, 6) is 0.878. The van der Waals surface area contributed by atoms with E-state index in [1.165, 1.54) is 5.56 Å². The Hall–Kier alpha value is -3.38. The van der Waals surface area contributed by atoms with Crippen LogP contribution in [0.15, 0.2) is 96.0 Å². The molecule has 1 saturated heterocycles. The third-order valence-electron chi connectivity index (χ3n) is 5.22. The third-order valence-corrected chi connectivity index (χ3v) is 5.57. The van der Waals surface area contributed by atoms with E-state index in [4.69, 9.17) is 16.6 Å². The fourth-order valence-electron chi connectivity index (χ4n) is 3.86. The zero-order chi connectivity index (χ0) is 19.6. The maximum Gasteiger partial charge on any atom is 0.170 e. The van der Waals surface area contributed by atoms with Crippen LogP contribution in [0.3, 0.4) is 0 Å². The molecule has 2 atom stereocenters. The quantitative estimate of drug-likeness (QED) is 0.495. The fraction of sp³-hybridized carbons (Fsp3) is 0.130. The number of hydrogen-bond acceptors (Lipinski definition) is 3. The number of para-hydroxylation sites is 1. The van der Waals surface area contributed by atoms with Gasteiger partial charge in [-0.05, 0) is 60.2 Å². The van der Waals surface area contributed by atoms with E-state index in [2.05, 4.69) is 50.4 Å². The summed E-state index contributed by atoms with van der Waals surface area (Å²) >= 11 is 5.71. The van der Waals surface area contributed by atoms with E-state index in [1.54, 1.807) is 6.26 Å². The lowest BCUT2D eigenvalue weighted by atomic mass is 9.99. The molecule has 0 spiro atoms. The first kappa shape index (κ1) is 17.7. The largest absolute Gasteiger partial charge is 0.467 e.